The Hall–Kier alpha value is -4.66. The minimum absolute atomic E-state index is 0.145. The number of nitrogens with zero attached hydrogens (tertiary/aromatic N) is 2. The molecule has 0 unspecified atom stereocenters. The zero-order valence-corrected chi connectivity index (χ0v) is 20.0. The zero-order chi connectivity index (χ0) is 25.7. The van der Waals surface area contributed by atoms with Crippen LogP contribution in [0.25, 0.3) is 16.6 Å². The molecule has 1 heterocycles. The van der Waals surface area contributed by atoms with Crippen molar-refractivity contribution in [1.29, 1.82) is 0 Å². The standard InChI is InChI=1S/C27H26N4O5/c1-28-24(32)15-18-10-12-20(13-11-18)31-26(34)22-8-3-4-9-23(22)30(27(31)35)17-25(33)29-16-19-6-5-7-21(14-19)36-2/h3-14H,15-17H2,1-2H3,(H,28,32)(H,29,33). The van der Waals surface area contributed by atoms with E-state index in [2.05, 4.69) is 10.6 Å². The van der Waals surface area contributed by atoms with Crippen molar-refractivity contribution in [3.8, 4) is 11.4 Å². The lowest BCUT2D eigenvalue weighted by Crippen LogP contribution is -2.41. The number of carbonyl (C=O) groups excluding carboxylic acids is 2. The van der Waals surface area contributed by atoms with E-state index in [1.807, 2.05) is 24.3 Å². The lowest BCUT2D eigenvalue weighted by atomic mass is 10.1. The van der Waals surface area contributed by atoms with Crippen molar-refractivity contribution in [3.05, 3.63) is 105 Å². The van der Waals surface area contributed by atoms with E-state index in [0.717, 1.165) is 15.7 Å². The number of aromatic nitrogens is 2. The molecular weight excluding hydrogens is 460 g/mol. The molecule has 2 amide bonds. The molecule has 0 bridgehead atoms. The van der Waals surface area contributed by atoms with Crippen molar-refractivity contribution in [2.45, 2.75) is 19.5 Å². The van der Waals surface area contributed by atoms with Crippen molar-refractivity contribution in [3.63, 3.8) is 0 Å². The second-order valence-corrected chi connectivity index (χ2v) is 8.17. The molecule has 0 saturated heterocycles. The van der Waals surface area contributed by atoms with Crippen LogP contribution in [0.5, 0.6) is 5.75 Å². The van der Waals surface area contributed by atoms with Gasteiger partial charge in [-0.3, -0.25) is 19.0 Å². The van der Waals surface area contributed by atoms with Gasteiger partial charge in [0.1, 0.15) is 12.3 Å². The van der Waals surface area contributed by atoms with E-state index < -0.39 is 11.2 Å². The molecule has 184 valence electrons. The summed E-state index contributed by atoms with van der Waals surface area (Å²) in [6, 6.07) is 20.6. The number of amides is 2. The molecule has 0 aliphatic carbocycles. The average Bonchev–Trinajstić information content (AvgIpc) is 2.91. The smallest absolute Gasteiger partial charge is 0.336 e. The van der Waals surface area contributed by atoms with Gasteiger partial charge in [0, 0.05) is 13.6 Å². The number of ether oxygens (including phenoxy) is 1. The lowest BCUT2D eigenvalue weighted by molar-refractivity contribution is -0.122. The van der Waals surface area contributed by atoms with Gasteiger partial charge in [-0.05, 0) is 47.5 Å². The maximum absolute atomic E-state index is 13.5. The maximum Gasteiger partial charge on any atom is 0.336 e. The average molecular weight is 487 g/mol. The molecule has 9 nitrogen and oxygen atoms in total. The highest BCUT2D eigenvalue weighted by Crippen LogP contribution is 2.13. The number of rotatable bonds is 8. The summed E-state index contributed by atoms with van der Waals surface area (Å²) in [5, 5.41) is 5.69. The molecule has 2 N–H and O–H groups in total. The van der Waals surface area contributed by atoms with Gasteiger partial charge in [0.25, 0.3) is 5.56 Å². The summed E-state index contributed by atoms with van der Waals surface area (Å²) < 4.78 is 7.54. The summed E-state index contributed by atoms with van der Waals surface area (Å²) in [7, 11) is 3.13. The van der Waals surface area contributed by atoms with Crippen molar-refractivity contribution < 1.29 is 14.3 Å². The number of benzene rings is 3. The van der Waals surface area contributed by atoms with Crippen LogP contribution in [0.15, 0.2) is 82.4 Å². The van der Waals surface area contributed by atoms with Crippen molar-refractivity contribution in [2.75, 3.05) is 14.2 Å². The number of methoxy groups -OCH3 is 1. The van der Waals surface area contributed by atoms with E-state index in [-0.39, 0.29) is 31.3 Å². The maximum atomic E-state index is 13.5. The summed E-state index contributed by atoms with van der Waals surface area (Å²) in [6.07, 6.45) is 0.182. The largest absolute Gasteiger partial charge is 0.497 e. The first-order chi connectivity index (χ1) is 17.4. The highest BCUT2D eigenvalue weighted by atomic mass is 16.5. The number of fused-ring (bicyclic) bond motifs is 1. The van der Waals surface area contributed by atoms with Gasteiger partial charge in [-0.25, -0.2) is 9.36 Å². The van der Waals surface area contributed by atoms with E-state index in [1.54, 1.807) is 62.7 Å². The Morgan fingerprint density at radius 2 is 1.64 bits per heavy atom. The summed E-state index contributed by atoms with van der Waals surface area (Å²) in [5.74, 6) is 0.154. The second kappa shape index (κ2) is 10.7. The fourth-order valence-corrected chi connectivity index (χ4v) is 3.92. The summed E-state index contributed by atoms with van der Waals surface area (Å²) >= 11 is 0. The Bertz CT molecular complexity index is 1540. The van der Waals surface area contributed by atoms with E-state index in [1.165, 1.54) is 4.57 Å². The van der Waals surface area contributed by atoms with Gasteiger partial charge in [0.2, 0.25) is 11.8 Å². The molecule has 0 spiro atoms. The number of hydrogen-bond acceptors (Lipinski definition) is 5. The topological polar surface area (TPSA) is 111 Å². The Kier molecular flexibility index (Phi) is 7.29. The predicted molar refractivity (Wildman–Crippen MR) is 136 cm³/mol. The SMILES string of the molecule is CNC(=O)Cc1ccc(-n2c(=O)c3ccccc3n(CC(=O)NCc3cccc(OC)c3)c2=O)cc1. The minimum Gasteiger partial charge on any atom is -0.497 e. The molecular formula is C27H26N4O5. The van der Waals surface area contributed by atoms with Crippen LogP contribution < -0.4 is 26.6 Å². The van der Waals surface area contributed by atoms with Gasteiger partial charge in [-0.15, -0.1) is 0 Å². The molecule has 0 fully saturated rings. The first-order valence-electron chi connectivity index (χ1n) is 11.4. The molecule has 0 atom stereocenters. The molecule has 9 heteroatoms. The second-order valence-electron chi connectivity index (χ2n) is 8.17. The Balaban J connectivity index is 1.67. The van der Waals surface area contributed by atoms with Gasteiger partial charge < -0.3 is 15.4 Å². The van der Waals surface area contributed by atoms with Gasteiger partial charge in [-0.1, -0.05) is 36.4 Å². The normalized spacial score (nSPS) is 10.7. The number of hydrogen-bond donors (Lipinski definition) is 2. The molecule has 0 radical (unpaired) electrons. The third-order valence-corrected chi connectivity index (χ3v) is 5.81. The van der Waals surface area contributed by atoms with Crippen LogP contribution in [0.1, 0.15) is 11.1 Å². The molecule has 0 aliphatic rings. The Morgan fingerprint density at radius 3 is 2.36 bits per heavy atom. The Morgan fingerprint density at radius 1 is 0.889 bits per heavy atom. The van der Waals surface area contributed by atoms with Gasteiger partial charge in [0.15, 0.2) is 0 Å². The lowest BCUT2D eigenvalue weighted by Gasteiger charge is -2.14. The van der Waals surface area contributed by atoms with Crippen LogP contribution >= 0.6 is 0 Å². The zero-order valence-electron chi connectivity index (χ0n) is 20.0. The first-order valence-corrected chi connectivity index (χ1v) is 11.4. The molecule has 0 aliphatic heterocycles. The van der Waals surface area contributed by atoms with Crippen molar-refractivity contribution in [1.82, 2.24) is 19.8 Å². The van der Waals surface area contributed by atoms with Gasteiger partial charge in [0.05, 0.1) is 30.1 Å². The number of para-hydroxylation sites is 1. The summed E-state index contributed by atoms with van der Waals surface area (Å²) in [6.45, 7) is -0.00644. The molecule has 36 heavy (non-hydrogen) atoms. The van der Waals surface area contributed by atoms with Gasteiger partial charge >= 0.3 is 5.69 Å². The van der Waals surface area contributed by atoms with Crippen molar-refractivity contribution in [2.24, 2.45) is 0 Å². The summed E-state index contributed by atoms with van der Waals surface area (Å²) in [5.41, 5.74) is 1.20. The first kappa shape index (κ1) is 24.5. The van der Waals surface area contributed by atoms with Gasteiger partial charge in [-0.2, -0.15) is 0 Å². The van der Waals surface area contributed by atoms with E-state index in [0.29, 0.717) is 22.3 Å². The van der Waals surface area contributed by atoms with E-state index in [4.69, 9.17) is 4.74 Å². The van der Waals surface area contributed by atoms with Crippen LogP contribution in [0, 0.1) is 0 Å². The monoisotopic (exact) mass is 486 g/mol. The third-order valence-electron chi connectivity index (χ3n) is 5.81. The summed E-state index contributed by atoms with van der Waals surface area (Å²) in [4.78, 5) is 51.2. The highest BCUT2D eigenvalue weighted by Gasteiger charge is 2.16. The number of nitrogens with one attached hydrogen (secondary N) is 2. The van der Waals surface area contributed by atoms with Crippen LogP contribution in [-0.4, -0.2) is 35.1 Å². The number of likely N-dealkylation sites (N-methyl/N-ethyl adjacent to an activating group) is 1. The predicted octanol–water partition coefficient (Wildman–Crippen LogP) is 1.77. The van der Waals surface area contributed by atoms with Crippen LogP contribution in [0.2, 0.25) is 0 Å². The molecule has 4 aromatic rings. The number of carbonyl (C=O) groups is 2. The minimum atomic E-state index is -0.630. The molecule has 3 aromatic carbocycles. The fourth-order valence-electron chi connectivity index (χ4n) is 3.92. The third kappa shape index (κ3) is 5.20. The van der Waals surface area contributed by atoms with Crippen LogP contribution in [0.3, 0.4) is 0 Å². The van der Waals surface area contributed by atoms with E-state index >= 15 is 0 Å². The van der Waals surface area contributed by atoms with E-state index in [9.17, 15) is 19.2 Å². The molecule has 4 rings (SSSR count). The molecule has 1 aromatic heterocycles. The Labute approximate surface area is 207 Å². The molecule has 0 saturated carbocycles. The van der Waals surface area contributed by atoms with Crippen LogP contribution in [-0.2, 0) is 29.1 Å². The van der Waals surface area contributed by atoms with Crippen molar-refractivity contribution >= 4 is 22.7 Å². The highest BCUT2D eigenvalue weighted by molar-refractivity contribution is 5.82. The van der Waals surface area contributed by atoms with Crippen LogP contribution in [0.4, 0.5) is 0 Å². The fraction of sp³-hybridized carbons (Fsp3) is 0.185. The quantitative estimate of drug-likeness (QED) is 0.394.